The molecule has 0 aliphatic carbocycles. The van der Waals surface area contributed by atoms with E-state index in [1.165, 1.54) is 26.4 Å². The number of aryl methyl sites for hydroxylation is 1. The van der Waals surface area contributed by atoms with Gasteiger partial charge in [0.05, 0.1) is 19.1 Å². The Morgan fingerprint density at radius 2 is 1.75 bits per heavy atom. The topological polar surface area (TPSA) is 117 Å². The van der Waals surface area contributed by atoms with Gasteiger partial charge in [-0.15, -0.1) is 0 Å². The number of anilines is 2. The van der Waals surface area contributed by atoms with E-state index in [-0.39, 0.29) is 16.9 Å². The second kappa shape index (κ2) is 6.86. The number of carbonyl (C=O) groups is 1. The predicted molar refractivity (Wildman–Crippen MR) is 89.2 cm³/mol. The third kappa shape index (κ3) is 3.37. The van der Waals surface area contributed by atoms with Gasteiger partial charge < -0.3 is 20.5 Å². The molecular weight excluding hydrogens is 314 g/mol. The van der Waals surface area contributed by atoms with Gasteiger partial charge in [-0.25, -0.2) is 0 Å². The zero-order valence-corrected chi connectivity index (χ0v) is 13.5. The Morgan fingerprint density at radius 1 is 1.12 bits per heavy atom. The summed E-state index contributed by atoms with van der Waals surface area (Å²) in [5.74, 6) is 0.313. The van der Waals surface area contributed by atoms with E-state index in [0.29, 0.717) is 17.2 Å². The summed E-state index contributed by atoms with van der Waals surface area (Å²) in [7, 11) is 3.03. The van der Waals surface area contributed by atoms with Gasteiger partial charge in [0.2, 0.25) is 5.91 Å². The molecule has 0 unspecified atom stereocenters. The van der Waals surface area contributed by atoms with Crippen LogP contribution >= 0.6 is 0 Å². The lowest BCUT2D eigenvalue weighted by Gasteiger charge is -2.14. The molecule has 24 heavy (non-hydrogen) atoms. The number of methoxy groups -OCH3 is 2. The lowest BCUT2D eigenvalue weighted by atomic mass is 10.1. The second-order valence-corrected chi connectivity index (χ2v) is 5.00. The van der Waals surface area contributed by atoms with Crippen molar-refractivity contribution in [2.24, 2.45) is 5.73 Å². The van der Waals surface area contributed by atoms with Crippen LogP contribution in [0.4, 0.5) is 17.1 Å². The lowest BCUT2D eigenvalue weighted by molar-refractivity contribution is -0.383. The molecule has 0 spiro atoms. The smallest absolute Gasteiger partial charge is 0.293 e. The van der Waals surface area contributed by atoms with Gasteiger partial charge in [0.15, 0.2) is 11.5 Å². The molecule has 0 aliphatic heterocycles. The van der Waals surface area contributed by atoms with E-state index in [9.17, 15) is 14.9 Å². The van der Waals surface area contributed by atoms with Crippen LogP contribution in [0.15, 0.2) is 30.3 Å². The molecule has 2 aromatic carbocycles. The number of nitrogens with one attached hydrogen (secondary N) is 1. The van der Waals surface area contributed by atoms with Crippen molar-refractivity contribution in [3.05, 3.63) is 51.6 Å². The fourth-order valence-corrected chi connectivity index (χ4v) is 2.20. The molecule has 0 aromatic heterocycles. The zero-order chi connectivity index (χ0) is 17.9. The van der Waals surface area contributed by atoms with E-state index in [1.54, 1.807) is 12.1 Å². The number of ether oxygens (including phenoxy) is 2. The minimum atomic E-state index is -0.730. The van der Waals surface area contributed by atoms with Gasteiger partial charge in [-0.2, -0.15) is 0 Å². The van der Waals surface area contributed by atoms with Crippen molar-refractivity contribution < 1.29 is 19.2 Å². The van der Waals surface area contributed by atoms with Gasteiger partial charge in [-0.1, -0.05) is 0 Å². The Balaban J connectivity index is 2.48. The van der Waals surface area contributed by atoms with Crippen LogP contribution in [0.1, 0.15) is 15.9 Å². The van der Waals surface area contributed by atoms with Crippen LogP contribution in [-0.2, 0) is 0 Å². The first-order valence-corrected chi connectivity index (χ1v) is 6.95. The van der Waals surface area contributed by atoms with Crippen molar-refractivity contribution in [3.63, 3.8) is 0 Å². The molecule has 0 heterocycles. The number of amides is 1. The molecular formula is C16H17N3O5. The third-order valence-electron chi connectivity index (χ3n) is 3.48. The van der Waals surface area contributed by atoms with Crippen LogP contribution in [0.5, 0.6) is 11.5 Å². The first-order valence-electron chi connectivity index (χ1n) is 6.95. The van der Waals surface area contributed by atoms with Crippen LogP contribution in [0.3, 0.4) is 0 Å². The maximum Gasteiger partial charge on any atom is 0.293 e. The number of hydrogen-bond acceptors (Lipinski definition) is 6. The molecule has 0 radical (unpaired) electrons. The van der Waals surface area contributed by atoms with Crippen molar-refractivity contribution >= 4 is 23.0 Å². The van der Waals surface area contributed by atoms with Gasteiger partial charge in [0.1, 0.15) is 5.69 Å². The standard InChI is InChI=1S/C16H17N3O5/c1-9-6-14(23-2)15(24-3)8-12(9)18-11-5-4-10(16(17)20)7-13(11)19(21)22/h4-8,18H,1-3H3,(H2,17,20). The molecule has 0 bridgehead atoms. The summed E-state index contributed by atoms with van der Waals surface area (Å²) in [6.45, 7) is 1.83. The fraction of sp³-hybridized carbons (Fsp3) is 0.188. The summed E-state index contributed by atoms with van der Waals surface area (Å²) in [4.78, 5) is 21.9. The second-order valence-electron chi connectivity index (χ2n) is 5.00. The summed E-state index contributed by atoms with van der Waals surface area (Å²) in [5.41, 5.74) is 6.64. The maximum absolute atomic E-state index is 11.3. The van der Waals surface area contributed by atoms with Gasteiger partial charge in [0.25, 0.3) is 5.69 Å². The first-order chi connectivity index (χ1) is 11.4. The van der Waals surface area contributed by atoms with Crippen LogP contribution in [-0.4, -0.2) is 25.1 Å². The Morgan fingerprint density at radius 3 is 2.29 bits per heavy atom. The van der Waals surface area contributed by atoms with Crippen LogP contribution < -0.4 is 20.5 Å². The number of nitrogens with two attached hydrogens (primary N) is 1. The molecule has 2 aromatic rings. The maximum atomic E-state index is 11.3. The summed E-state index contributed by atoms with van der Waals surface area (Å²) in [6, 6.07) is 7.44. The summed E-state index contributed by atoms with van der Waals surface area (Å²) in [5, 5.41) is 14.2. The minimum Gasteiger partial charge on any atom is -0.493 e. The highest BCUT2D eigenvalue weighted by Gasteiger charge is 2.18. The molecule has 0 aliphatic rings. The van der Waals surface area contributed by atoms with Crippen molar-refractivity contribution in [3.8, 4) is 11.5 Å². The Kier molecular flexibility index (Phi) is 4.88. The van der Waals surface area contributed by atoms with Crippen molar-refractivity contribution in [2.75, 3.05) is 19.5 Å². The molecule has 0 atom stereocenters. The van der Waals surface area contributed by atoms with Crippen LogP contribution in [0, 0.1) is 17.0 Å². The number of rotatable bonds is 6. The molecule has 2 rings (SSSR count). The van der Waals surface area contributed by atoms with E-state index in [0.717, 1.165) is 11.6 Å². The molecule has 3 N–H and O–H groups in total. The van der Waals surface area contributed by atoms with Crippen LogP contribution in [0.2, 0.25) is 0 Å². The van der Waals surface area contributed by atoms with Gasteiger partial charge in [-0.05, 0) is 30.7 Å². The number of nitrogens with zero attached hydrogens (tertiary/aromatic N) is 1. The molecule has 1 amide bonds. The molecule has 0 saturated heterocycles. The van der Waals surface area contributed by atoms with Gasteiger partial charge >= 0.3 is 0 Å². The summed E-state index contributed by atoms with van der Waals surface area (Å²) in [6.07, 6.45) is 0. The molecule has 126 valence electrons. The Hall–Kier alpha value is -3.29. The highest BCUT2D eigenvalue weighted by molar-refractivity contribution is 5.94. The number of hydrogen-bond donors (Lipinski definition) is 2. The highest BCUT2D eigenvalue weighted by atomic mass is 16.6. The SMILES string of the molecule is COc1cc(C)c(Nc2ccc(C(N)=O)cc2[N+](=O)[O-])cc1OC. The van der Waals surface area contributed by atoms with E-state index in [1.807, 2.05) is 6.92 Å². The highest BCUT2D eigenvalue weighted by Crippen LogP contribution is 2.36. The average Bonchev–Trinajstić information content (AvgIpc) is 2.56. The quantitative estimate of drug-likeness (QED) is 0.621. The monoisotopic (exact) mass is 331 g/mol. The summed E-state index contributed by atoms with van der Waals surface area (Å²) >= 11 is 0. The molecule has 8 heteroatoms. The molecule has 0 fully saturated rings. The zero-order valence-electron chi connectivity index (χ0n) is 13.5. The predicted octanol–water partition coefficient (Wildman–Crippen LogP) is 2.76. The third-order valence-corrected chi connectivity index (χ3v) is 3.48. The minimum absolute atomic E-state index is 0.0660. The fourth-order valence-electron chi connectivity index (χ4n) is 2.20. The number of nitro groups is 1. The normalized spacial score (nSPS) is 10.1. The largest absolute Gasteiger partial charge is 0.493 e. The average molecular weight is 331 g/mol. The van der Waals surface area contributed by atoms with Gasteiger partial charge in [0, 0.05) is 23.4 Å². The van der Waals surface area contributed by atoms with Crippen molar-refractivity contribution in [1.82, 2.24) is 0 Å². The number of nitro benzene ring substituents is 1. The summed E-state index contributed by atoms with van der Waals surface area (Å²) < 4.78 is 10.5. The lowest BCUT2D eigenvalue weighted by Crippen LogP contribution is -2.11. The Bertz CT molecular complexity index is 805. The van der Waals surface area contributed by atoms with E-state index >= 15 is 0 Å². The van der Waals surface area contributed by atoms with Gasteiger partial charge in [-0.3, -0.25) is 14.9 Å². The van der Waals surface area contributed by atoms with Crippen LogP contribution in [0.25, 0.3) is 0 Å². The Labute approximate surface area is 138 Å². The number of benzene rings is 2. The van der Waals surface area contributed by atoms with E-state index in [4.69, 9.17) is 15.2 Å². The van der Waals surface area contributed by atoms with Crippen molar-refractivity contribution in [1.29, 1.82) is 0 Å². The first kappa shape index (κ1) is 17.1. The van der Waals surface area contributed by atoms with E-state index in [2.05, 4.69) is 5.32 Å². The number of primary amides is 1. The van der Waals surface area contributed by atoms with E-state index < -0.39 is 10.8 Å². The molecule has 0 saturated carbocycles. The number of carbonyl (C=O) groups excluding carboxylic acids is 1. The molecule has 8 nitrogen and oxygen atoms in total. The van der Waals surface area contributed by atoms with Crippen molar-refractivity contribution in [2.45, 2.75) is 6.92 Å².